The van der Waals surface area contributed by atoms with Crippen LogP contribution in [0.25, 0.3) is 0 Å². The van der Waals surface area contributed by atoms with E-state index in [2.05, 4.69) is 10.6 Å². The van der Waals surface area contributed by atoms with Crippen LogP contribution in [0.4, 0.5) is 17.6 Å². The van der Waals surface area contributed by atoms with Gasteiger partial charge in [-0.3, -0.25) is 9.59 Å². The molecule has 0 radical (unpaired) electrons. The second-order valence-corrected chi connectivity index (χ2v) is 8.17. The van der Waals surface area contributed by atoms with Crippen molar-refractivity contribution in [2.45, 2.75) is 33.4 Å². The topological polar surface area (TPSA) is 70.7 Å². The maximum Gasteiger partial charge on any atom is 0.402 e. The SMILES string of the molecule is COc1cc(F)cc(C(=O)NCC(C)CCN(C)CCNC(=O)C(C)(C)C(F)(F)F)c1. The van der Waals surface area contributed by atoms with Crippen molar-refractivity contribution in [2.24, 2.45) is 11.3 Å². The molecule has 0 bridgehead atoms. The molecule has 1 aromatic rings. The highest BCUT2D eigenvalue weighted by Crippen LogP contribution is 2.37. The number of amides is 2. The Bertz CT molecular complexity index is 754. The third kappa shape index (κ3) is 8.35. The van der Waals surface area contributed by atoms with E-state index in [1.807, 2.05) is 11.8 Å². The van der Waals surface area contributed by atoms with Crippen LogP contribution in [0.15, 0.2) is 18.2 Å². The van der Waals surface area contributed by atoms with Crippen molar-refractivity contribution in [3.63, 3.8) is 0 Å². The Kier molecular flexibility index (Phi) is 9.73. The Morgan fingerprint density at radius 2 is 1.77 bits per heavy atom. The first-order chi connectivity index (χ1) is 14.3. The zero-order chi connectivity index (χ0) is 23.8. The zero-order valence-electron chi connectivity index (χ0n) is 18.5. The molecule has 2 amide bonds. The number of carbonyl (C=O) groups is 2. The average molecular weight is 449 g/mol. The maximum absolute atomic E-state index is 13.5. The molecule has 10 heteroatoms. The molecule has 0 fully saturated rings. The third-order valence-electron chi connectivity index (χ3n) is 5.04. The van der Waals surface area contributed by atoms with E-state index in [4.69, 9.17) is 4.74 Å². The summed E-state index contributed by atoms with van der Waals surface area (Å²) in [6, 6.07) is 3.76. The summed E-state index contributed by atoms with van der Waals surface area (Å²) in [5, 5.41) is 5.07. The van der Waals surface area contributed by atoms with Crippen molar-refractivity contribution >= 4 is 11.8 Å². The highest BCUT2D eigenvalue weighted by atomic mass is 19.4. The second kappa shape index (κ2) is 11.3. The van der Waals surface area contributed by atoms with Crippen molar-refractivity contribution in [2.75, 3.05) is 40.3 Å². The molecule has 1 rings (SSSR count). The first-order valence-electron chi connectivity index (χ1n) is 9.94. The van der Waals surface area contributed by atoms with E-state index in [1.54, 1.807) is 7.05 Å². The lowest BCUT2D eigenvalue weighted by molar-refractivity contribution is -0.211. The Hall–Kier alpha value is -2.36. The Balaban J connectivity index is 2.34. The second-order valence-electron chi connectivity index (χ2n) is 8.17. The zero-order valence-corrected chi connectivity index (χ0v) is 18.5. The molecule has 0 saturated heterocycles. The fraction of sp³-hybridized carbons (Fsp3) is 0.619. The number of methoxy groups -OCH3 is 1. The number of hydrogen-bond acceptors (Lipinski definition) is 4. The summed E-state index contributed by atoms with van der Waals surface area (Å²) >= 11 is 0. The summed E-state index contributed by atoms with van der Waals surface area (Å²) in [5.41, 5.74) is -2.28. The van der Waals surface area contributed by atoms with Crippen LogP contribution in [0.1, 0.15) is 37.6 Å². The van der Waals surface area contributed by atoms with Gasteiger partial charge in [0.05, 0.1) is 7.11 Å². The number of carbonyl (C=O) groups excluding carboxylic acids is 2. The van der Waals surface area contributed by atoms with Crippen molar-refractivity contribution < 1.29 is 31.9 Å². The van der Waals surface area contributed by atoms with Gasteiger partial charge in [-0.15, -0.1) is 0 Å². The molecule has 1 atom stereocenters. The standard InChI is InChI=1S/C21H31F4N3O3/c1-14(13-27-18(29)15-10-16(22)12-17(11-15)31-5)6-8-28(4)9-7-26-19(30)20(2,3)21(23,24)25/h10-12,14H,6-9,13H2,1-5H3,(H,26,30)(H,27,29). The normalized spacial score (nSPS) is 13.1. The highest BCUT2D eigenvalue weighted by Gasteiger charge is 2.52. The van der Waals surface area contributed by atoms with E-state index < -0.39 is 29.2 Å². The molecule has 0 heterocycles. The molecule has 0 spiro atoms. The molecule has 0 saturated carbocycles. The highest BCUT2D eigenvalue weighted by molar-refractivity contribution is 5.94. The lowest BCUT2D eigenvalue weighted by Crippen LogP contribution is -2.48. The van der Waals surface area contributed by atoms with Crippen LogP contribution in [-0.2, 0) is 4.79 Å². The molecule has 1 aromatic carbocycles. The van der Waals surface area contributed by atoms with Gasteiger partial charge in [-0.2, -0.15) is 13.2 Å². The van der Waals surface area contributed by atoms with Crippen LogP contribution >= 0.6 is 0 Å². The molecule has 0 aliphatic carbocycles. The number of ether oxygens (including phenoxy) is 1. The molecule has 6 nitrogen and oxygen atoms in total. The fourth-order valence-electron chi connectivity index (χ4n) is 2.55. The molecule has 0 aliphatic heterocycles. The predicted octanol–water partition coefficient (Wildman–Crippen LogP) is 3.23. The van der Waals surface area contributed by atoms with E-state index in [0.717, 1.165) is 19.9 Å². The Morgan fingerprint density at radius 1 is 1.13 bits per heavy atom. The first kappa shape index (κ1) is 26.7. The van der Waals surface area contributed by atoms with Gasteiger partial charge in [-0.25, -0.2) is 4.39 Å². The van der Waals surface area contributed by atoms with Crippen molar-refractivity contribution in [3.05, 3.63) is 29.6 Å². The molecule has 2 N–H and O–H groups in total. The molecule has 0 aromatic heterocycles. The van der Waals surface area contributed by atoms with Crippen LogP contribution in [-0.4, -0.2) is 63.2 Å². The molecular formula is C21H31F4N3O3. The third-order valence-corrected chi connectivity index (χ3v) is 5.04. The number of likely N-dealkylation sites (N-methyl/N-ethyl adjacent to an activating group) is 1. The van der Waals surface area contributed by atoms with E-state index >= 15 is 0 Å². The number of hydrogen-bond donors (Lipinski definition) is 2. The minimum Gasteiger partial charge on any atom is -0.497 e. The lowest BCUT2D eigenvalue weighted by atomic mass is 9.91. The molecular weight excluding hydrogens is 418 g/mol. The van der Waals surface area contributed by atoms with Crippen LogP contribution in [0.5, 0.6) is 5.75 Å². The number of alkyl halides is 3. The summed E-state index contributed by atoms with van der Waals surface area (Å²) in [4.78, 5) is 25.9. The Labute approximate surface area is 180 Å². The van der Waals surface area contributed by atoms with Gasteiger partial charge < -0.3 is 20.3 Å². The number of benzene rings is 1. The summed E-state index contributed by atoms with van der Waals surface area (Å²) in [5.74, 6) is -1.66. The van der Waals surface area contributed by atoms with Gasteiger partial charge in [0.15, 0.2) is 0 Å². The molecule has 31 heavy (non-hydrogen) atoms. The monoisotopic (exact) mass is 449 g/mol. The van der Waals surface area contributed by atoms with E-state index in [0.29, 0.717) is 26.1 Å². The number of nitrogens with zero attached hydrogens (tertiary/aromatic N) is 1. The van der Waals surface area contributed by atoms with Crippen molar-refractivity contribution in [3.8, 4) is 5.75 Å². The molecule has 176 valence electrons. The van der Waals surface area contributed by atoms with Crippen LogP contribution in [0.3, 0.4) is 0 Å². The summed E-state index contributed by atoms with van der Waals surface area (Å²) < 4.78 is 57.0. The predicted molar refractivity (Wildman–Crippen MR) is 109 cm³/mol. The van der Waals surface area contributed by atoms with Gasteiger partial charge in [-0.1, -0.05) is 6.92 Å². The molecule has 0 aliphatic rings. The van der Waals surface area contributed by atoms with E-state index in [9.17, 15) is 27.2 Å². The number of halogens is 4. The van der Waals surface area contributed by atoms with Gasteiger partial charge in [0.1, 0.15) is 17.0 Å². The van der Waals surface area contributed by atoms with Gasteiger partial charge in [0, 0.05) is 31.3 Å². The minimum absolute atomic E-state index is 0.0986. The van der Waals surface area contributed by atoms with Crippen LogP contribution in [0.2, 0.25) is 0 Å². The van der Waals surface area contributed by atoms with Gasteiger partial charge in [0.25, 0.3) is 5.91 Å². The quantitative estimate of drug-likeness (QED) is 0.509. The maximum atomic E-state index is 13.5. The largest absolute Gasteiger partial charge is 0.497 e. The van der Waals surface area contributed by atoms with Crippen LogP contribution < -0.4 is 15.4 Å². The van der Waals surface area contributed by atoms with Gasteiger partial charge in [-0.05, 0) is 51.9 Å². The Morgan fingerprint density at radius 3 is 2.35 bits per heavy atom. The van der Waals surface area contributed by atoms with E-state index in [-0.39, 0.29) is 23.8 Å². The van der Waals surface area contributed by atoms with Crippen LogP contribution in [0, 0.1) is 17.2 Å². The van der Waals surface area contributed by atoms with Gasteiger partial charge >= 0.3 is 6.18 Å². The van der Waals surface area contributed by atoms with Crippen molar-refractivity contribution in [1.29, 1.82) is 0 Å². The number of nitrogens with one attached hydrogen (secondary N) is 2. The summed E-state index contributed by atoms with van der Waals surface area (Å²) in [7, 11) is 3.18. The summed E-state index contributed by atoms with van der Waals surface area (Å²) in [6.07, 6.45) is -3.90. The molecule has 1 unspecified atom stereocenters. The van der Waals surface area contributed by atoms with Crippen molar-refractivity contribution in [1.82, 2.24) is 15.5 Å². The smallest absolute Gasteiger partial charge is 0.402 e. The average Bonchev–Trinajstić information content (AvgIpc) is 2.68. The number of rotatable bonds is 11. The lowest BCUT2D eigenvalue weighted by Gasteiger charge is -2.27. The fourth-order valence-corrected chi connectivity index (χ4v) is 2.55. The van der Waals surface area contributed by atoms with Gasteiger partial charge in [0.2, 0.25) is 5.91 Å². The first-order valence-corrected chi connectivity index (χ1v) is 9.94. The summed E-state index contributed by atoms with van der Waals surface area (Å²) in [6.45, 7) is 5.13. The minimum atomic E-state index is -4.61. The van der Waals surface area contributed by atoms with E-state index in [1.165, 1.54) is 19.2 Å².